The summed E-state index contributed by atoms with van der Waals surface area (Å²) < 4.78 is 51.1. The number of aryl methyl sites for hydroxylation is 2. The van der Waals surface area contributed by atoms with Gasteiger partial charge in [-0.05, 0) is 49.9 Å². The van der Waals surface area contributed by atoms with Crippen LogP contribution < -0.4 is 11.2 Å². The second kappa shape index (κ2) is 14.7. The minimum absolute atomic E-state index is 0.0170. The zero-order chi connectivity index (χ0) is 32.7. The summed E-state index contributed by atoms with van der Waals surface area (Å²) in [7, 11) is -4.03. The molecule has 2 N–H and O–H groups in total. The second-order valence-electron chi connectivity index (χ2n) is 11.4. The summed E-state index contributed by atoms with van der Waals surface area (Å²) in [5, 5.41) is 11.9. The highest BCUT2D eigenvalue weighted by molar-refractivity contribution is 7.86. The number of benzene rings is 3. The van der Waals surface area contributed by atoms with Crippen molar-refractivity contribution in [2.45, 2.75) is 68.8 Å². The van der Waals surface area contributed by atoms with Crippen LogP contribution in [0.4, 0.5) is 0 Å². The Bertz CT molecular complexity index is 1810. The average Bonchev–Trinajstić information content (AvgIpc) is 3.32. The van der Waals surface area contributed by atoms with Crippen molar-refractivity contribution in [1.29, 1.82) is 0 Å². The number of hydrogen-bond donors (Lipinski definition) is 2. The van der Waals surface area contributed by atoms with Gasteiger partial charge in [-0.25, -0.2) is 4.79 Å². The minimum atomic E-state index is -4.03. The van der Waals surface area contributed by atoms with E-state index in [-0.39, 0.29) is 49.7 Å². The molecule has 0 aliphatic carbocycles. The molecule has 3 aromatic carbocycles. The SMILES string of the molecule is Cc1ccc(S(=O)(=O)OCCC[C@@]2(OCc3ccccc3)[C@@H](COCc3ccccc3)O[C@@H](n3cc(C)c(=O)[nH]c3=O)[C@@H]2O)cc1. The largest absolute Gasteiger partial charge is 0.385 e. The van der Waals surface area contributed by atoms with E-state index in [1.54, 1.807) is 19.1 Å². The average molecular weight is 651 g/mol. The van der Waals surface area contributed by atoms with Crippen molar-refractivity contribution in [3.05, 3.63) is 134 Å². The van der Waals surface area contributed by atoms with Crippen molar-refractivity contribution in [3.63, 3.8) is 0 Å². The lowest BCUT2D eigenvalue weighted by Gasteiger charge is -2.36. The Morgan fingerprint density at radius 1 is 0.913 bits per heavy atom. The van der Waals surface area contributed by atoms with Crippen LogP contribution in [-0.2, 0) is 41.7 Å². The van der Waals surface area contributed by atoms with Gasteiger partial charge in [-0.1, -0.05) is 78.4 Å². The maximum absolute atomic E-state index is 12.9. The molecule has 12 heteroatoms. The Hall–Kier alpha value is -3.91. The molecule has 1 aromatic heterocycles. The van der Waals surface area contributed by atoms with E-state index in [2.05, 4.69) is 4.98 Å². The number of aromatic nitrogens is 2. The summed E-state index contributed by atoms with van der Waals surface area (Å²) >= 11 is 0. The molecule has 5 rings (SSSR count). The first-order valence-electron chi connectivity index (χ1n) is 15.0. The molecule has 1 aliphatic rings. The van der Waals surface area contributed by atoms with Crippen LogP contribution in [-0.4, -0.2) is 54.1 Å². The number of hydrogen-bond acceptors (Lipinski definition) is 9. The quantitative estimate of drug-likeness (QED) is 0.154. The van der Waals surface area contributed by atoms with Crippen molar-refractivity contribution in [2.24, 2.45) is 0 Å². The van der Waals surface area contributed by atoms with Gasteiger partial charge in [0, 0.05) is 11.8 Å². The number of aliphatic hydroxyl groups is 1. The third-order valence-electron chi connectivity index (χ3n) is 8.03. The number of H-pyrrole nitrogens is 1. The third kappa shape index (κ3) is 7.72. The molecule has 1 aliphatic heterocycles. The molecule has 11 nitrogen and oxygen atoms in total. The first kappa shape index (κ1) is 33.5. The van der Waals surface area contributed by atoms with Gasteiger partial charge in [-0.3, -0.25) is 18.5 Å². The maximum Gasteiger partial charge on any atom is 0.330 e. The number of nitrogens with zero attached hydrogens (tertiary/aromatic N) is 1. The molecule has 1 fully saturated rings. The zero-order valence-electron chi connectivity index (χ0n) is 25.7. The van der Waals surface area contributed by atoms with E-state index >= 15 is 0 Å². The van der Waals surface area contributed by atoms with E-state index in [1.807, 2.05) is 67.6 Å². The smallest absolute Gasteiger partial charge is 0.330 e. The van der Waals surface area contributed by atoms with Crippen LogP contribution in [0.25, 0.3) is 0 Å². The van der Waals surface area contributed by atoms with Gasteiger partial charge in [0.15, 0.2) is 6.23 Å². The number of ether oxygens (including phenoxy) is 3. The van der Waals surface area contributed by atoms with Crippen LogP contribution in [0.1, 0.15) is 41.3 Å². The highest BCUT2D eigenvalue weighted by atomic mass is 32.2. The fourth-order valence-electron chi connectivity index (χ4n) is 5.46. The summed E-state index contributed by atoms with van der Waals surface area (Å²) in [6.45, 7) is 3.53. The van der Waals surface area contributed by atoms with Crippen LogP contribution in [0.2, 0.25) is 0 Å². The number of nitrogens with one attached hydrogen (secondary N) is 1. The molecule has 0 saturated carbocycles. The van der Waals surface area contributed by atoms with Crippen LogP contribution in [0.15, 0.2) is 106 Å². The molecule has 1 saturated heterocycles. The lowest BCUT2D eigenvalue weighted by atomic mass is 9.86. The third-order valence-corrected chi connectivity index (χ3v) is 9.36. The van der Waals surface area contributed by atoms with Gasteiger partial charge in [0.25, 0.3) is 15.7 Å². The Kier molecular flexibility index (Phi) is 10.7. The van der Waals surface area contributed by atoms with Crippen molar-refractivity contribution in [1.82, 2.24) is 9.55 Å². The predicted octanol–water partition coefficient (Wildman–Crippen LogP) is 3.77. The molecule has 4 atom stereocenters. The van der Waals surface area contributed by atoms with E-state index < -0.39 is 45.4 Å². The Labute approximate surface area is 267 Å². The van der Waals surface area contributed by atoms with Crippen LogP contribution in [0, 0.1) is 13.8 Å². The van der Waals surface area contributed by atoms with Gasteiger partial charge >= 0.3 is 5.69 Å². The zero-order valence-corrected chi connectivity index (χ0v) is 26.5. The van der Waals surface area contributed by atoms with Gasteiger partial charge in [-0.15, -0.1) is 0 Å². The highest BCUT2D eigenvalue weighted by Crippen LogP contribution is 2.43. The standard InChI is InChI=1S/C34H38N2O9S/c1-24-14-16-28(17-15-24)46(40,41)44-19-9-18-34(43-22-27-12-7-4-8-13-27)29(23-42-21-26-10-5-3-6-11-26)45-32(30(34)37)36-20-25(2)31(38)35-33(36)39/h3-8,10-17,20,29-30,32,37H,9,18-19,21-23H2,1-2H3,(H,35,38,39)/t29-,30+,32-,34-/m1/s1. The van der Waals surface area contributed by atoms with Crippen molar-refractivity contribution in [2.75, 3.05) is 13.2 Å². The Morgan fingerprint density at radius 3 is 2.20 bits per heavy atom. The van der Waals surface area contributed by atoms with E-state index in [9.17, 15) is 23.1 Å². The first-order chi connectivity index (χ1) is 22.1. The maximum atomic E-state index is 12.9. The van der Waals surface area contributed by atoms with E-state index in [1.165, 1.54) is 18.3 Å². The molecule has 46 heavy (non-hydrogen) atoms. The molecule has 4 aromatic rings. The predicted molar refractivity (Wildman–Crippen MR) is 170 cm³/mol. The minimum Gasteiger partial charge on any atom is -0.385 e. The fourth-order valence-corrected chi connectivity index (χ4v) is 6.41. The van der Waals surface area contributed by atoms with Crippen LogP contribution in [0.5, 0.6) is 0 Å². The monoisotopic (exact) mass is 650 g/mol. The first-order valence-corrected chi connectivity index (χ1v) is 16.4. The fraction of sp³-hybridized carbons (Fsp3) is 0.353. The van der Waals surface area contributed by atoms with Gasteiger partial charge in [0.2, 0.25) is 0 Å². The van der Waals surface area contributed by atoms with E-state index in [0.717, 1.165) is 21.3 Å². The molecule has 0 radical (unpaired) electrons. The lowest BCUT2D eigenvalue weighted by Crippen LogP contribution is -2.52. The Morgan fingerprint density at radius 2 is 1.54 bits per heavy atom. The number of rotatable bonds is 14. The highest BCUT2D eigenvalue weighted by Gasteiger charge is 2.58. The van der Waals surface area contributed by atoms with E-state index in [4.69, 9.17) is 18.4 Å². The van der Waals surface area contributed by atoms with Crippen LogP contribution in [0.3, 0.4) is 0 Å². The molecule has 0 amide bonds. The molecule has 244 valence electrons. The van der Waals surface area contributed by atoms with Gasteiger partial charge in [0.05, 0.1) is 31.3 Å². The molecular weight excluding hydrogens is 612 g/mol. The molecule has 2 heterocycles. The summed E-state index contributed by atoms with van der Waals surface area (Å²) in [6, 6.07) is 25.2. The topological polar surface area (TPSA) is 146 Å². The molecule has 0 spiro atoms. The van der Waals surface area contributed by atoms with Gasteiger partial charge in [0.1, 0.15) is 17.8 Å². The molecule has 0 unspecified atom stereocenters. The number of aromatic amines is 1. The normalized spacial score (nSPS) is 21.4. The van der Waals surface area contributed by atoms with Gasteiger partial charge < -0.3 is 19.3 Å². The summed E-state index contributed by atoms with van der Waals surface area (Å²) in [4.78, 5) is 27.3. The van der Waals surface area contributed by atoms with Crippen molar-refractivity contribution < 1.29 is 31.9 Å². The lowest BCUT2D eigenvalue weighted by molar-refractivity contribution is -0.156. The summed E-state index contributed by atoms with van der Waals surface area (Å²) in [5.41, 5.74) is 0.165. The molecular formula is C34H38N2O9S. The van der Waals surface area contributed by atoms with Gasteiger partial charge in [-0.2, -0.15) is 8.42 Å². The Balaban J connectivity index is 1.43. The summed E-state index contributed by atoms with van der Waals surface area (Å²) in [6.07, 6.45) is -1.96. The van der Waals surface area contributed by atoms with E-state index in [0.29, 0.717) is 0 Å². The second-order valence-corrected chi connectivity index (χ2v) is 13.0. The van der Waals surface area contributed by atoms with Crippen LogP contribution >= 0.6 is 0 Å². The summed E-state index contributed by atoms with van der Waals surface area (Å²) in [5.74, 6) is 0. The van der Waals surface area contributed by atoms with Crippen molar-refractivity contribution >= 4 is 10.1 Å². The van der Waals surface area contributed by atoms with Crippen molar-refractivity contribution in [3.8, 4) is 0 Å². The number of aliphatic hydroxyl groups excluding tert-OH is 1. The molecule has 0 bridgehead atoms.